The highest BCUT2D eigenvalue weighted by Crippen LogP contribution is 2.60. The molecule has 29 heavy (non-hydrogen) atoms. The van der Waals surface area contributed by atoms with Crippen LogP contribution in [0.15, 0.2) is 35.5 Å². The summed E-state index contributed by atoms with van der Waals surface area (Å²) < 4.78 is 0. The highest BCUT2D eigenvalue weighted by atomic mass is 16.3. The van der Waals surface area contributed by atoms with Gasteiger partial charge < -0.3 is 5.11 Å². The topological polar surface area (TPSA) is 20.2 Å². The van der Waals surface area contributed by atoms with E-state index in [4.69, 9.17) is 0 Å². The van der Waals surface area contributed by atoms with Crippen molar-refractivity contribution >= 4 is 0 Å². The predicted octanol–water partition coefficient (Wildman–Crippen LogP) is 7.87. The second-order valence-corrected chi connectivity index (χ2v) is 11.3. The Hall–Kier alpha value is -0.820. The Kier molecular flexibility index (Phi) is 7.52. The van der Waals surface area contributed by atoms with Gasteiger partial charge in [-0.15, -0.1) is 0 Å². The van der Waals surface area contributed by atoms with Crippen LogP contribution in [0.5, 0.6) is 0 Å². The number of hydrogen-bond acceptors (Lipinski definition) is 1. The zero-order chi connectivity index (χ0) is 21.2. The van der Waals surface area contributed by atoms with Crippen molar-refractivity contribution in [1.82, 2.24) is 0 Å². The molecule has 1 heteroatoms. The Balaban J connectivity index is 1.70. The van der Waals surface area contributed by atoms with Crippen molar-refractivity contribution in [2.75, 3.05) is 0 Å². The van der Waals surface area contributed by atoms with Gasteiger partial charge in [-0.3, -0.25) is 0 Å². The smallest absolute Gasteiger partial charge is 0.0583 e. The normalized spacial score (nSPS) is 37.9. The van der Waals surface area contributed by atoms with E-state index in [-0.39, 0.29) is 6.10 Å². The van der Waals surface area contributed by atoms with E-state index in [1.807, 2.05) is 0 Å². The van der Waals surface area contributed by atoms with Crippen LogP contribution in [0.2, 0.25) is 0 Å². The van der Waals surface area contributed by atoms with Crippen molar-refractivity contribution in [3.8, 4) is 0 Å². The molecule has 0 radical (unpaired) electrons. The highest BCUT2D eigenvalue weighted by Gasteiger charge is 2.50. The van der Waals surface area contributed by atoms with Gasteiger partial charge >= 0.3 is 0 Å². The molecule has 0 heterocycles. The summed E-state index contributed by atoms with van der Waals surface area (Å²) in [6, 6.07) is 0. The van der Waals surface area contributed by atoms with Crippen molar-refractivity contribution in [3.63, 3.8) is 0 Å². The van der Waals surface area contributed by atoms with Crippen LogP contribution in [0.25, 0.3) is 0 Å². The van der Waals surface area contributed by atoms with Crippen LogP contribution in [-0.4, -0.2) is 11.2 Å². The molecule has 0 aromatic heterocycles. The lowest BCUT2D eigenvalue weighted by Crippen LogP contribution is -2.36. The molecule has 1 N–H and O–H groups in total. The molecule has 0 saturated heterocycles. The van der Waals surface area contributed by atoms with E-state index < -0.39 is 0 Å². The zero-order valence-corrected chi connectivity index (χ0v) is 19.8. The lowest BCUT2D eigenvalue weighted by Gasteiger charge is -2.44. The fourth-order valence-corrected chi connectivity index (χ4v) is 6.67. The van der Waals surface area contributed by atoms with E-state index in [9.17, 15) is 5.11 Å². The van der Waals surface area contributed by atoms with Crippen LogP contribution < -0.4 is 0 Å². The van der Waals surface area contributed by atoms with Crippen molar-refractivity contribution in [1.29, 1.82) is 0 Å². The highest BCUT2D eigenvalue weighted by molar-refractivity contribution is 5.36. The Morgan fingerprint density at radius 1 is 1.07 bits per heavy atom. The Morgan fingerprint density at radius 3 is 2.55 bits per heavy atom. The summed E-state index contributed by atoms with van der Waals surface area (Å²) >= 11 is 0. The lowest BCUT2D eigenvalue weighted by molar-refractivity contribution is 0.0907. The van der Waals surface area contributed by atoms with Gasteiger partial charge in [0.05, 0.1) is 6.10 Å². The first-order valence-electron chi connectivity index (χ1n) is 12.5. The van der Waals surface area contributed by atoms with Gasteiger partial charge in [-0.25, -0.2) is 0 Å². The van der Waals surface area contributed by atoms with E-state index in [0.29, 0.717) is 5.41 Å². The molecule has 0 spiro atoms. The molecule has 0 aromatic carbocycles. The van der Waals surface area contributed by atoms with Gasteiger partial charge in [0.1, 0.15) is 0 Å². The van der Waals surface area contributed by atoms with Gasteiger partial charge in [-0.2, -0.15) is 0 Å². The summed E-state index contributed by atoms with van der Waals surface area (Å²) in [4.78, 5) is 0. The lowest BCUT2D eigenvalue weighted by atomic mass is 9.60. The van der Waals surface area contributed by atoms with Gasteiger partial charge in [0.25, 0.3) is 0 Å². The molecule has 6 atom stereocenters. The van der Waals surface area contributed by atoms with E-state index >= 15 is 0 Å². The van der Waals surface area contributed by atoms with Gasteiger partial charge in [0.15, 0.2) is 0 Å². The van der Waals surface area contributed by atoms with Crippen LogP contribution in [0.3, 0.4) is 0 Å². The first-order valence-corrected chi connectivity index (χ1v) is 12.5. The third-order valence-electron chi connectivity index (χ3n) is 9.13. The summed E-state index contributed by atoms with van der Waals surface area (Å²) in [6.45, 7) is 16.6. The van der Waals surface area contributed by atoms with E-state index in [2.05, 4.69) is 53.3 Å². The van der Waals surface area contributed by atoms with Crippen molar-refractivity contribution < 1.29 is 5.11 Å². The van der Waals surface area contributed by atoms with Crippen LogP contribution >= 0.6 is 0 Å². The molecule has 3 saturated carbocycles. The number of allylic oxidation sites excluding steroid dienone is 4. The SMILES string of the molecule is C=C1CC[C@H](O)CC1=CC=C1CCC[C@@]2(C)C1CC[C@@H]2[C@H](C)CCC(C)C(C)C. The summed E-state index contributed by atoms with van der Waals surface area (Å²) in [7, 11) is 0. The molecule has 0 aliphatic heterocycles. The average molecular weight is 399 g/mol. The molecular formula is C28H46O. The number of rotatable bonds is 6. The fraction of sp³-hybridized carbons (Fsp3) is 0.786. The molecular weight excluding hydrogens is 352 g/mol. The minimum Gasteiger partial charge on any atom is -0.393 e. The number of aliphatic hydroxyl groups excluding tert-OH is 1. The molecule has 3 rings (SSSR count). The van der Waals surface area contributed by atoms with Crippen LogP contribution in [-0.2, 0) is 0 Å². The summed E-state index contributed by atoms with van der Waals surface area (Å²) in [5.74, 6) is 4.14. The van der Waals surface area contributed by atoms with Gasteiger partial charge in [-0.05, 0) is 91.9 Å². The predicted molar refractivity (Wildman–Crippen MR) is 126 cm³/mol. The maximum atomic E-state index is 10.0. The number of hydrogen-bond donors (Lipinski definition) is 1. The van der Waals surface area contributed by atoms with Gasteiger partial charge in [0, 0.05) is 0 Å². The maximum absolute atomic E-state index is 10.0. The number of fused-ring (bicyclic) bond motifs is 1. The minimum absolute atomic E-state index is 0.174. The third-order valence-corrected chi connectivity index (χ3v) is 9.13. The van der Waals surface area contributed by atoms with Gasteiger partial charge in [-0.1, -0.05) is 77.3 Å². The molecule has 3 aliphatic rings. The summed E-state index contributed by atoms with van der Waals surface area (Å²) in [5, 5.41) is 10.0. The maximum Gasteiger partial charge on any atom is 0.0583 e. The first kappa shape index (κ1) is 22.9. The Morgan fingerprint density at radius 2 is 1.83 bits per heavy atom. The molecule has 2 unspecified atom stereocenters. The summed E-state index contributed by atoms with van der Waals surface area (Å²) in [5.41, 5.74) is 4.70. The minimum atomic E-state index is -0.174. The molecule has 0 aromatic rings. The zero-order valence-electron chi connectivity index (χ0n) is 19.8. The molecule has 0 bridgehead atoms. The van der Waals surface area contributed by atoms with Gasteiger partial charge in [0.2, 0.25) is 0 Å². The number of aliphatic hydroxyl groups is 1. The molecule has 3 aliphatic carbocycles. The van der Waals surface area contributed by atoms with E-state index in [1.165, 1.54) is 56.1 Å². The van der Waals surface area contributed by atoms with Crippen LogP contribution in [0, 0.1) is 35.0 Å². The monoisotopic (exact) mass is 398 g/mol. The second-order valence-electron chi connectivity index (χ2n) is 11.3. The molecule has 1 nitrogen and oxygen atoms in total. The third kappa shape index (κ3) is 5.09. The molecule has 164 valence electrons. The van der Waals surface area contributed by atoms with E-state index in [0.717, 1.165) is 48.9 Å². The van der Waals surface area contributed by atoms with E-state index in [1.54, 1.807) is 5.57 Å². The van der Waals surface area contributed by atoms with Crippen LogP contribution in [0.1, 0.15) is 98.8 Å². The van der Waals surface area contributed by atoms with Crippen LogP contribution in [0.4, 0.5) is 0 Å². The Labute approximate surface area is 180 Å². The second kappa shape index (κ2) is 9.54. The first-order chi connectivity index (χ1) is 13.7. The summed E-state index contributed by atoms with van der Waals surface area (Å²) in [6.07, 6.45) is 16.8. The Bertz CT molecular complexity index is 639. The molecule has 0 amide bonds. The van der Waals surface area contributed by atoms with Crippen molar-refractivity contribution in [2.24, 2.45) is 35.0 Å². The van der Waals surface area contributed by atoms with Crippen molar-refractivity contribution in [2.45, 2.75) is 105 Å². The quantitative estimate of drug-likeness (QED) is 0.482. The van der Waals surface area contributed by atoms with Crippen molar-refractivity contribution in [3.05, 3.63) is 35.5 Å². The average Bonchev–Trinajstić information content (AvgIpc) is 3.04. The fourth-order valence-electron chi connectivity index (χ4n) is 6.67. The standard InChI is InChI=1S/C28H46O/c1-19(2)20(3)9-10-22(5)26-15-16-27-23(8-7-17-28(26,27)6)12-13-24-18-25(29)14-11-21(24)4/h12-13,19-20,22,25-27,29H,4,7-11,14-18H2,1-3,5-6H3/t20?,22-,25+,26-,27?,28-/m1/s1. The largest absolute Gasteiger partial charge is 0.393 e. The molecule has 3 fully saturated rings.